The van der Waals surface area contributed by atoms with E-state index in [1.54, 1.807) is 0 Å². The van der Waals surface area contributed by atoms with Crippen LogP contribution in [0.5, 0.6) is 0 Å². The van der Waals surface area contributed by atoms with Crippen LogP contribution in [0.4, 0.5) is 5.69 Å². The van der Waals surface area contributed by atoms with Gasteiger partial charge in [0, 0.05) is 12.2 Å². The molecule has 0 atom stereocenters. The van der Waals surface area contributed by atoms with Crippen molar-refractivity contribution in [2.24, 2.45) is 0 Å². The number of hydrogen-bond donors (Lipinski definition) is 2. The molecule has 2 aliphatic carbocycles. The zero-order chi connectivity index (χ0) is 15.9. The first kappa shape index (κ1) is 16.1. The molecule has 0 heterocycles. The molecular weight excluding hydrogens is 284 g/mol. The molecule has 124 valence electrons. The first-order valence-corrected chi connectivity index (χ1v) is 9.12. The van der Waals surface area contributed by atoms with Gasteiger partial charge in [0.15, 0.2) is 0 Å². The molecular formula is C20H28N2O. The average molecular weight is 312 g/mol. The van der Waals surface area contributed by atoms with Crippen molar-refractivity contribution in [2.45, 2.75) is 57.8 Å². The molecule has 1 aromatic carbocycles. The lowest BCUT2D eigenvalue weighted by Crippen LogP contribution is -2.31. The third-order valence-electron chi connectivity index (χ3n) is 4.99. The van der Waals surface area contributed by atoms with Gasteiger partial charge in [-0.05, 0) is 75.0 Å². The number of carbonyl (C=O) groups is 1. The molecule has 2 N–H and O–H groups in total. The summed E-state index contributed by atoms with van der Waals surface area (Å²) in [7, 11) is 0. The second-order valence-corrected chi connectivity index (χ2v) is 6.71. The summed E-state index contributed by atoms with van der Waals surface area (Å²) in [4.78, 5) is 12.0. The van der Waals surface area contributed by atoms with Gasteiger partial charge >= 0.3 is 0 Å². The van der Waals surface area contributed by atoms with Gasteiger partial charge in [-0.3, -0.25) is 4.79 Å². The third-order valence-corrected chi connectivity index (χ3v) is 4.99. The van der Waals surface area contributed by atoms with Gasteiger partial charge in [-0.15, -0.1) is 0 Å². The van der Waals surface area contributed by atoms with Crippen molar-refractivity contribution in [1.82, 2.24) is 5.32 Å². The minimum Gasteiger partial charge on any atom is -0.376 e. The van der Waals surface area contributed by atoms with E-state index < -0.39 is 0 Å². The Morgan fingerprint density at radius 1 is 1.04 bits per heavy atom. The smallest absolute Gasteiger partial charge is 0.239 e. The number of hydrogen-bond acceptors (Lipinski definition) is 2. The maximum absolute atomic E-state index is 12.0. The highest BCUT2D eigenvalue weighted by atomic mass is 16.1. The Hall–Kier alpha value is -1.77. The van der Waals surface area contributed by atoms with Gasteiger partial charge in [0.05, 0.1) is 6.54 Å². The molecule has 3 rings (SSSR count). The van der Waals surface area contributed by atoms with Crippen LogP contribution < -0.4 is 10.6 Å². The first-order valence-electron chi connectivity index (χ1n) is 9.12. The van der Waals surface area contributed by atoms with Crippen molar-refractivity contribution >= 4 is 11.6 Å². The highest BCUT2D eigenvalue weighted by Crippen LogP contribution is 2.27. The number of carbonyl (C=O) groups excluding carboxylic acids is 1. The molecule has 1 amide bonds. The van der Waals surface area contributed by atoms with Gasteiger partial charge in [-0.25, -0.2) is 0 Å². The molecule has 0 unspecified atom stereocenters. The van der Waals surface area contributed by atoms with Gasteiger partial charge in [-0.1, -0.05) is 23.8 Å². The largest absolute Gasteiger partial charge is 0.376 e. The Balaban J connectivity index is 1.43. The Labute approximate surface area is 139 Å². The van der Waals surface area contributed by atoms with Crippen molar-refractivity contribution in [3.05, 3.63) is 41.0 Å². The van der Waals surface area contributed by atoms with E-state index in [0.29, 0.717) is 6.54 Å². The molecule has 0 bridgehead atoms. The van der Waals surface area contributed by atoms with E-state index in [-0.39, 0.29) is 5.91 Å². The highest BCUT2D eigenvalue weighted by molar-refractivity contribution is 5.81. The van der Waals surface area contributed by atoms with Crippen LogP contribution in [0.1, 0.15) is 56.1 Å². The number of aryl methyl sites for hydroxylation is 1. The SMILES string of the molecule is O=C(CNc1cccc2c1CCCC2)NCCC1=CCCCC1. The van der Waals surface area contributed by atoms with Gasteiger partial charge in [0.1, 0.15) is 0 Å². The van der Waals surface area contributed by atoms with Crippen LogP contribution in [0, 0.1) is 0 Å². The number of allylic oxidation sites excluding steroid dienone is 1. The Morgan fingerprint density at radius 3 is 2.78 bits per heavy atom. The van der Waals surface area contributed by atoms with Crippen molar-refractivity contribution in [3.63, 3.8) is 0 Å². The fraction of sp³-hybridized carbons (Fsp3) is 0.550. The lowest BCUT2D eigenvalue weighted by molar-refractivity contribution is -0.119. The third kappa shape index (κ3) is 4.60. The molecule has 0 aromatic heterocycles. The normalized spacial score (nSPS) is 17.1. The predicted octanol–water partition coefficient (Wildman–Crippen LogP) is 3.98. The molecule has 1 aromatic rings. The zero-order valence-electron chi connectivity index (χ0n) is 14.0. The van der Waals surface area contributed by atoms with E-state index in [1.165, 1.54) is 61.6 Å². The summed E-state index contributed by atoms with van der Waals surface area (Å²) < 4.78 is 0. The molecule has 0 radical (unpaired) electrons. The topological polar surface area (TPSA) is 41.1 Å². The number of benzene rings is 1. The number of fused-ring (bicyclic) bond motifs is 1. The van der Waals surface area contributed by atoms with E-state index in [2.05, 4.69) is 34.9 Å². The lowest BCUT2D eigenvalue weighted by atomic mass is 9.90. The number of rotatable bonds is 6. The molecule has 2 aliphatic rings. The fourth-order valence-corrected chi connectivity index (χ4v) is 3.68. The van der Waals surface area contributed by atoms with Gasteiger partial charge in [0.2, 0.25) is 5.91 Å². The van der Waals surface area contributed by atoms with Crippen molar-refractivity contribution in [1.29, 1.82) is 0 Å². The first-order chi connectivity index (χ1) is 11.3. The van der Waals surface area contributed by atoms with Crippen molar-refractivity contribution < 1.29 is 4.79 Å². The van der Waals surface area contributed by atoms with Crippen molar-refractivity contribution in [2.75, 3.05) is 18.4 Å². The maximum atomic E-state index is 12.0. The van der Waals surface area contributed by atoms with Gasteiger partial charge in [-0.2, -0.15) is 0 Å². The van der Waals surface area contributed by atoms with Crippen LogP contribution in [0.25, 0.3) is 0 Å². The Morgan fingerprint density at radius 2 is 1.91 bits per heavy atom. The van der Waals surface area contributed by atoms with Crippen LogP contribution in [0.3, 0.4) is 0 Å². The van der Waals surface area contributed by atoms with Gasteiger partial charge < -0.3 is 10.6 Å². The molecule has 3 nitrogen and oxygen atoms in total. The summed E-state index contributed by atoms with van der Waals surface area (Å²) in [5.74, 6) is 0.0924. The van der Waals surface area contributed by atoms with Crippen LogP contribution in [-0.2, 0) is 17.6 Å². The Kier molecular flexibility index (Phi) is 5.73. The fourth-order valence-electron chi connectivity index (χ4n) is 3.68. The minimum atomic E-state index is 0.0924. The van der Waals surface area contributed by atoms with Crippen molar-refractivity contribution in [3.8, 4) is 0 Å². The second kappa shape index (κ2) is 8.19. The number of anilines is 1. The standard InChI is InChI=1S/C20H28N2O/c23-20(21-14-13-16-7-2-1-3-8-16)15-22-19-12-6-10-17-9-4-5-11-18(17)19/h6-7,10,12,22H,1-5,8-9,11,13-15H2,(H,21,23). The molecule has 0 saturated heterocycles. The number of amides is 1. The molecule has 3 heteroatoms. The van der Waals surface area contributed by atoms with E-state index in [4.69, 9.17) is 0 Å². The molecule has 0 spiro atoms. The second-order valence-electron chi connectivity index (χ2n) is 6.71. The Bertz CT molecular complexity index is 577. The van der Waals surface area contributed by atoms with Crippen LogP contribution in [0.15, 0.2) is 29.8 Å². The summed E-state index contributed by atoms with van der Waals surface area (Å²) in [6, 6.07) is 6.42. The summed E-state index contributed by atoms with van der Waals surface area (Å²) in [6.45, 7) is 1.13. The maximum Gasteiger partial charge on any atom is 0.239 e. The van der Waals surface area contributed by atoms with E-state index >= 15 is 0 Å². The zero-order valence-corrected chi connectivity index (χ0v) is 14.0. The number of nitrogens with one attached hydrogen (secondary N) is 2. The average Bonchev–Trinajstić information content (AvgIpc) is 2.61. The summed E-state index contributed by atoms with van der Waals surface area (Å²) in [5, 5.41) is 6.37. The monoisotopic (exact) mass is 312 g/mol. The van der Waals surface area contributed by atoms with Gasteiger partial charge in [0.25, 0.3) is 0 Å². The minimum absolute atomic E-state index is 0.0924. The van der Waals surface area contributed by atoms with E-state index in [9.17, 15) is 4.79 Å². The molecule has 23 heavy (non-hydrogen) atoms. The molecule has 0 fully saturated rings. The van der Waals surface area contributed by atoms with Crippen LogP contribution >= 0.6 is 0 Å². The summed E-state index contributed by atoms with van der Waals surface area (Å²) >= 11 is 0. The van der Waals surface area contributed by atoms with Crippen LogP contribution in [-0.4, -0.2) is 19.0 Å². The molecule has 0 saturated carbocycles. The van der Waals surface area contributed by atoms with E-state index in [1.807, 2.05) is 0 Å². The predicted molar refractivity (Wildman–Crippen MR) is 95.8 cm³/mol. The van der Waals surface area contributed by atoms with Crippen LogP contribution in [0.2, 0.25) is 0 Å². The quantitative estimate of drug-likeness (QED) is 0.780. The lowest BCUT2D eigenvalue weighted by Gasteiger charge is -2.20. The summed E-state index contributed by atoms with van der Waals surface area (Å²) in [6.07, 6.45) is 13.3. The summed E-state index contributed by atoms with van der Waals surface area (Å²) in [5.41, 5.74) is 5.53. The highest BCUT2D eigenvalue weighted by Gasteiger charge is 2.13. The molecule has 0 aliphatic heterocycles. The van der Waals surface area contributed by atoms with E-state index in [0.717, 1.165) is 25.1 Å².